The van der Waals surface area contributed by atoms with Gasteiger partial charge in [0.15, 0.2) is 0 Å². The predicted molar refractivity (Wildman–Crippen MR) is 123 cm³/mol. The van der Waals surface area contributed by atoms with Crippen LogP contribution in [0.1, 0.15) is 11.1 Å². The Hall–Kier alpha value is -3.36. The number of hydrogen-bond donors (Lipinski definition) is 0. The Labute approximate surface area is 192 Å². The lowest BCUT2D eigenvalue weighted by Crippen LogP contribution is -2.53. The molecule has 0 N–H and O–H groups in total. The van der Waals surface area contributed by atoms with E-state index >= 15 is 0 Å². The maximum absolute atomic E-state index is 13.0. The molecule has 2 aromatic heterocycles. The van der Waals surface area contributed by atoms with E-state index < -0.39 is 6.10 Å². The van der Waals surface area contributed by atoms with Gasteiger partial charge in [-0.05, 0) is 29.3 Å². The average molecular weight is 446 g/mol. The first-order chi connectivity index (χ1) is 16.2. The zero-order chi connectivity index (χ0) is 22.6. The number of piperazine rings is 1. The predicted octanol–water partition coefficient (Wildman–Crippen LogP) is 1.59. The van der Waals surface area contributed by atoms with E-state index in [-0.39, 0.29) is 11.5 Å². The van der Waals surface area contributed by atoms with Gasteiger partial charge in [0, 0.05) is 63.2 Å². The fraction of sp³-hybridized carbons (Fsp3) is 0.360. The number of amides is 1. The highest BCUT2D eigenvalue weighted by Gasteiger charge is 2.31. The van der Waals surface area contributed by atoms with E-state index in [4.69, 9.17) is 4.74 Å². The highest BCUT2D eigenvalue weighted by molar-refractivity contribution is 5.81. The van der Waals surface area contributed by atoms with Crippen LogP contribution in [-0.4, -0.2) is 69.3 Å². The van der Waals surface area contributed by atoms with Crippen LogP contribution in [0.2, 0.25) is 0 Å². The number of carbonyl (C=O) groups excluding carboxylic acids is 1. The van der Waals surface area contributed by atoms with Crippen LogP contribution in [0, 0.1) is 0 Å². The largest absolute Gasteiger partial charge is 0.363 e. The second-order valence-electron chi connectivity index (χ2n) is 8.46. The van der Waals surface area contributed by atoms with Gasteiger partial charge in [-0.15, -0.1) is 0 Å². The van der Waals surface area contributed by atoms with Crippen molar-refractivity contribution in [1.82, 2.24) is 24.6 Å². The minimum atomic E-state index is -0.399. The number of benzene rings is 1. The lowest BCUT2D eigenvalue weighted by atomic mass is 9.98. The number of rotatable bonds is 5. The summed E-state index contributed by atoms with van der Waals surface area (Å²) in [6.07, 6.45) is 3.69. The normalized spacial score (nSPS) is 18.7. The molecule has 0 aliphatic carbocycles. The zero-order valence-electron chi connectivity index (χ0n) is 18.5. The summed E-state index contributed by atoms with van der Waals surface area (Å²) >= 11 is 0. The van der Waals surface area contributed by atoms with E-state index in [9.17, 15) is 9.59 Å². The van der Waals surface area contributed by atoms with E-state index in [0.29, 0.717) is 39.2 Å². The second-order valence-corrected chi connectivity index (χ2v) is 8.46. The first-order valence-electron chi connectivity index (χ1n) is 11.4. The summed E-state index contributed by atoms with van der Waals surface area (Å²) in [5, 5.41) is 4.51. The van der Waals surface area contributed by atoms with Crippen molar-refractivity contribution in [3.8, 4) is 11.3 Å². The van der Waals surface area contributed by atoms with Crippen molar-refractivity contribution in [3.63, 3.8) is 0 Å². The third kappa shape index (κ3) is 4.86. The Bertz CT molecular complexity index is 1170. The van der Waals surface area contributed by atoms with Crippen LogP contribution in [0.15, 0.2) is 65.7 Å². The van der Waals surface area contributed by atoms with Crippen molar-refractivity contribution in [2.75, 3.05) is 32.7 Å². The quantitative estimate of drug-likeness (QED) is 0.593. The molecular formula is C25H27N5O3. The molecule has 0 spiro atoms. The molecule has 1 atom stereocenters. The Morgan fingerprint density at radius 3 is 2.58 bits per heavy atom. The van der Waals surface area contributed by atoms with Gasteiger partial charge in [0.25, 0.3) is 11.5 Å². The van der Waals surface area contributed by atoms with Gasteiger partial charge in [0.2, 0.25) is 0 Å². The third-order valence-electron chi connectivity index (χ3n) is 6.38. The Morgan fingerprint density at radius 1 is 0.970 bits per heavy atom. The first-order valence-corrected chi connectivity index (χ1v) is 11.4. The van der Waals surface area contributed by atoms with Gasteiger partial charge in [-0.1, -0.05) is 24.3 Å². The molecule has 3 aromatic rings. The number of aromatic nitrogens is 3. The highest BCUT2D eigenvalue weighted by atomic mass is 16.5. The van der Waals surface area contributed by atoms with E-state index in [1.54, 1.807) is 24.5 Å². The molecule has 2 aliphatic rings. The lowest BCUT2D eigenvalue weighted by molar-refractivity contribution is -0.147. The molecule has 1 aromatic carbocycles. The maximum Gasteiger partial charge on any atom is 0.266 e. The number of carbonyl (C=O) groups is 1. The summed E-state index contributed by atoms with van der Waals surface area (Å²) in [5.74, 6) is 0.0752. The molecule has 0 bridgehead atoms. The van der Waals surface area contributed by atoms with Crippen molar-refractivity contribution >= 4 is 5.91 Å². The van der Waals surface area contributed by atoms with Gasteiger partial charge in [0.1, 0.15) is 6.10 Å². The van der Waals surface area contributed by atoms with Crippen LogP contribution in [0.25, 0.3) is 11.3 Å². The van der Waals surface area contributed by atoms with Gasteiger partial charge in [0.05, 0.1) is 18.8 Å². The van der Waals surface area contributed by atoms with Crippen molar-refractivity contribution in [2.24, 2.45) is 0 Å². The van der Waals surface area contributed by atoms with Gasteiger partial charge >= 0.3 is 0 Å². The van der Waals surface area contributed by atoms with Crippen molar-refractivity contribution in [2.45, 2.75) is 25.7 Å². The summed E-state index contributed by atoms with van der Waals surface area (Å²) in [4.78, 5) is 33.6. The van der Waals surface area contributed by atoms with Gasteiger partial charge in [-0.2, -0.15) is 5.10 Å². The summed E-state index contributed by atoms with van der Waals surface area (Å²) < 4.78 is 7.36. The fourth-order valence-corrected chi connectivity index (χ4v) is 4.41. The minimum Gasteiger partial charge on any atom is -0.363 e. The van der Waals surface area contributed by atoms with Gasteiger partial charge < -0.3 is 9.64 Å². The third-order valence-corrected chi connectivity index (χ3v) is 6.38. The smallest absolute Gasteiger partial charge is 0.266 e. The molecule has 1 unspecified atom stereocenters. The molecule has 33 heavy (non-hydrogen) atoms. The van der Waals surface area contributed by atoms with E-state index in [1.807, 2.05) is 29.2 Å². The molecular weight excluding hydrogens is 418 g/mol. The maximum atomic E-state index is 13.0. The summed E-state index contributed by atoms with van der Waals surface area (Å²) in [5.41, 5.74) is 3.86. The molecule has 4 heterocycles. The van der Waals surface area contributed by atoms with Crippen molar-refractivity contribution in [1.29, 1.82) is 0 Å². The summed E-state index contributed by atoms with van der Waals surface area (Å²) in [6.45, 7) is 4.57. The first kappa shape index (κ1) is 21.5. The standard InChI is InChI=1S/C25H27N5O3/c31-24-8-7-22(20-6-3-9-26-17-20)27-30(24)15-12-28-10-13-29(14-11-28)25(32)23-16-19-4-1-2-5-21(19)18-33-23/h1-9,17,23H,10-16,18H2. The molecule has 0 radical (unpaired) electrons. The highest BCUT2D eigenvalue weighted by Crippen LogP contribution is 2.22. The van der Waals surface area contributed by atoms with Gasteiger partial charge in [-0.3, -0.25) is 19.5 Å². The molecule has 8 nitrogen and oxygen atoms in total. The number of nitrogens with zero attached hydrogens (tertiary/aromatic N) is 5. The van der Waals surface area contributed by atoms with Crippen LogP contribution in [0.4, 0.5) is 0 Å². The second kappa shape index (κ2) is 9.64. The van der Waals surface area contributed by atoms with E-state index in [2.05, 4.69) is 27.1 Å². The van der Waals surface area contributed by atoms with Crippen LogP contribution >= 0.6 is 0 Å². The number of pyridine rings is 1. The number of hydrogen-bond acceptors (Lipinski definition) is 6. The molecule has 1 fully saturated rings. The van der Waals surface area contributed by atoms with Crippen LogP contribution in [-0.2, 0) is 29.1 Å². The Kier molecular flexibility index (Phi) is 6.28. The SMILES string of the molecule is O=C(C1Cc2ccccc2CO1)N1CCN(CCn2nc(-c3cccnc3)ccc2=O)CC1. The lowest BCUT2D eigenvalue weighted by Gasteiger charge is -2.37. The topological polar surface area (TPSA) is 80.6 Å². The number of ether oxygens (including phenoxy) is 1. The zero-order valence-corrected chi connectivity index (χ0v) is 18.5. The van der Waals surface area contributed by atoms with Crippen molar-refractivity contribution < 1.29 is 9.53 Å². The average Bonchev–Trinajstić information content (AvgIpc) is 2.88. The monoisotopic (exact) mass is 445 g/mol. The fourth-order valence-electron chi connectivity index (χ4n) is 4.41. The number of fused-ring (bicyclic) bond motifs is 1. The Morgan fingerprint density at radius 2 is 1.79 bits per heavy atom. The van der Waals surface area contributed by atoms with Crippen LogP contribution in [0.5, 0.6) is 0 Å². The summed E-state index contributed by atoms with van der Waals surface area (Å²) in [7, 11) is 0. The molecule has 170 valence electrons. The van der Waals surface area contributed by atoms with Gasteiger partial charge in [-0.25, -0.2) is 4.68 Å². The minimum absolute atomic E-state index is 0.0752. The molecule has 2 aliphatic heterocycles. The van der Waals surface area contributed by atoms with Crippen LogP contribution in [0.3, 0.4) is 0 Å². The molecule has 0 saturated carbocycles. The van der Waals surface area contributed by atoms with E-state index in [1.165, 1.54) is 15.8 Å². The molecule has 5 rings (SSSR count). The van der Waals surface area contributed by atoms with E-state index in [0.717, 1.165) is 24.3 Å². The summed E-state index contributed by atoms with van der Waals surface area (Å²) in [6, 6.07) is 15.2. The molecule has 1 saturated heterocycles. The molecule has 1 amide bonds. The molecule has 8 heteroatoms. The van der Waals surface area contributed by atoms with Crippen molar-refractivity contribution in [3.05, 3.63) is 82.4 Å². The van der Waals surface area contributed by atoms with Crippen LogP contribution < -0.4 is 5.56 Å². The Balaban J connectivity index is 1.14.